The molecule has 0 aromatic heterocycles. The molecule has 0 aliphatic carbocycles. The van der Waals surface area contributed by atoms with E-state index in [4.69, 9.17) is 27.8 Å². The number of carbonyl (C=O) groups excluding carboxylic acids is 1. The lowest BCUT2D eigenvalue weighted by atomic mass is 10.2. The summed E-state index contributed by atoms with van der Waals surface area (Å²) in [5.74, 6) is 0.732. The fourth-order valence-corrected chi connectivity index (χ4v) is 3.67. The zero-order valence-corrected chi connectivity index (χ0v) is 18.0. The Labute approximate surface area is 160 Å². The molecule has 0 N–H and O–H groups in total. The molecule has 0 atom stereocenters. The van der Waals surface area contributed by atoms with Crippen molar-refractivity contribution >= 4 is 14.1 Å². The van der Waals surface area contributed by atoms with Gasteiger partial charge in [-0.3, -0.25) is 13.8 Å². The number of hydrogen-bond acceptors (Lipinski definition) is 8. The van der Waals surface area contributed by atoms with Crippen LogP contribution in [-0.4, -0.2) is 38.5 Å². The first kappa shape index (κ1) is 23.4. The molecule has 0 bridgehead atoms. The van der Waals surface area contributed by atoms with Crippen molar-refractivity contribution in [2.45, 2.75) is 52.7 Å². The number of aldehydes is 1. The summed E-state index contributed by atoms with van der Waals surface area (Å²) < 4.78 is 45.4. The van der Waals surface area contributed by atoms with E-state index in [1.54, 1.807) is 41.5 Å². The topological polar surface area (TPSA) is 89.5 Å². The number of benzene rings is 1. The number of hydrogen-bond donors (Lipinski definition) is 0. The number of rotatable bonds is 9. The van der Waals surface area contributed by atoms with Crippen molar-refractivity contribution in [2.75, 3.05) is 21.0 Å². The maximum absolute atomic E-state index is 13.0. The molecule has 27 heavy (non-hydrogen) atoms. The summed E-state index contributed by atoms with van der Waals surface area (Å²) >= 11 is 0. The number of phosphoric ester groups is 1. The molecular weight excluding hydrogens is 375 g/mol. The van der Waals surface area contributed by atoms with Crippen LogP contribution in [0.3, 0.4) is 0 Å². The van der Waals surface area contributed by atoms with Gasteiger partial charge in [0.05, 0.1) is 25.4 Å². The zero-order valence-electron chi connectivity index (χ0n) is 17.2. The molecule has 1 aromatic carbocycles. The molecule has 0 aliphatic rings. The van der Waals surface area contributed by atoms with Crippen LogP contribution in [0.15, 0.2) is 12.1 Å². The molecule has 0 amide bonds. The van der Waals surface area contributed by atoms with Gasteiger partial charge in [-0.05, 0) is 53.7 Å². The van der Waals surface area contributed by atoms with Crippen molar-refractivity contribution in [1.82, 2.24) is 0 Å². The molecule has 0 radical (unpaired) electrons. The second-order valence-electron chi connectivity index (χ2n) is 7.62. The van der Waals surface area contributed by atoms with Gasteiger partial charge in [0.25, 0.3) is 0 Å². The van der Waals surface area contributed by atoms with Gasteiger partial charge in [-0.25, -0.2) is 9.09 Å². The molecule has 0 heterocycles. The van der Waals surface area contributed by atoms with Gasteiger partial charge in [0.2, 0.25) is 12.5 Å². The molecule has 0 unspecified atom stereocenters. The summed E-state index contributed by atoms with van der Waals surface area (Å²) in [7, 11) is -1.08. The minimum atomic E-state index is -3.92. The van der Waals surface area contributed by atoms with Crippen LogP contribution in [0, 0.1) is 0 Å². The van der Waals surface area contributed by atoms with Gasteiger partial charge in [0.1, 0.15) is 6.29 Å². The standard InChI is InChI=1S/C18H29O8P/c1-17(2,3)25-27(20,26-18(4,5)6)24-12-23-16-14(21-7)9-13(11-19)10-15(16)22-8/h9-11H,12H2,1-8H3. The van der Waals surface area contributed by atoms with E-state index >= 15 is 0 Å². The van der Waals surface area contributed by atoms with Crippen LogP contribution in [0.4, 0.5) is 0 Å². The van der Waals surface area contributed by atoms with E-state index in [0.29, 0.717) is 11.8 Å². The molecule has 0 aliphatic heterocycles. The molecule has 0 fully saturated rings. The fraction of sp³-hybridized carbons (Fsp3) is 0.611. The highest BCUT2D eigenvalue weighted by molar-refractivity contribution is 7.48. The molecule has 0 saturated carbocycles. The third-order valence-electron chi connectivity index (χ3n) is 2.80. The first-order valence-corrected chi connectivity index (χ1v) is 9.78. The Hall–Kier alpha value is -1.60. The van der Waals surface area contributed by atoms with Crippen molar-refractivity contribution < 1.29 is 37.1 Å². The van der Waals surface area contributed by atoms with Crippen LogP contribution in [0.25, 0.3) is 0 Å². The van der Waals surface area contributed by atoms with Crippen LogP contribution >= 0.6 is 7.82 Å². The summed E-state index contributed by atoms with van der Waals surface area (Å²) in [6, 6.07) is 2.98. The first-order chi connectivity index (χ1) is 12.3. The third-order valence-corrected chi connectivity index (χ3v) is 4.77. The molecule has 8 nitrogen and oxygen atoms in total. The van der Waals surface area contributed by atoms with Gasteiger partial charge in [0, 0.05) is 5.56 Å². The predicted octanol–water partition coefficient (Wildman–Crippen LogP) is 4.61. The van der Waals surface area contributed by atoms with E-state index in [1.807, 2.05) is 0 Å². The van der Waals surface area contributed by atoms with E-state index in [9.17, 15) is 9.36 Å². The van der Waals surface area contributed by atoms with E-state index < -0.39 is 25.8 Å². The quantitative estimate of drug-likeness (QED) is 0.335. The van der Waals surface area contributed by atoms with Crippen molar-refractivity contribution in [3.8, 4) is 17.2 Å². The van der Waals surface area contributed by atoms with E-state index in [-0.39, 0.29) is 17.2 Å². The minimum Gasteiger partial charge on any atom is -0.493 e. The highest BCUT2D eigenvalue weighted by Crippen LogP contribution is 2.55. The summed E-state index contributed by atoms with van der Waals surface area (Å²) in [4.78, 5) is 11.0. The maximum Gasteiger partial charge on any atom is 0.478 e. The van der Waals surface area contributed by atoms with Gasteiger partial charge in [-0.1, -0.05) is 0 Å². The van der Waals surface area contributed by atoms with Gasteiger partial charge in [-0.2, -0.15) is 0 Å². The summed E-state index contributed by atoms with van der Waals surface area (Å²) in [6.45, 7) is 9.97. The molecule has 1 rings (SSSR count). The predicted molar refractivity (Wildman–Crippen MR) is 101 cm³/mol. The Bertz CT molecular complexity index is 643. The van der Waals surface area contributed by atoms with E-state index in [2.05, 4.69) is 0 Å². The van der Waals surface area contributed by atoms with Crippen LogP contribution in [0.5, 0.6) is 17.2 Å². The Balaban J connectivity index is 3.01. The van der Waals surface area contributed by atoms with Crippen molar-refractivity contribution in [3.63, 3.8) is 0 Å². The highest BCUT2D eigenvalue weighted by Gasteiger charge is 2.37. The summed E-state index contributed by atoms with van der Waals surface area (Å²) in [6.07, 6.45) is 0.661. The Morgan fingerprint density at radius 1 is 0.926 bits per heavy atom. The average Bonchev–Trinajstić information content (AvgIpc) is 2.50. The van der Waals surface area contributed by atoms with Gasteiger partial charge in [-0.15, -0.1) is 0 Å². The first-order valence-electron chi connectivity index (χ1n) is 8.32. The Kier molecular flexibility index (Phi) is 7.87. The highest BCUT2D eigenvalue weighted by atomic mass is 31.2. The lowest BCUT2D eigenvalue weighted by Gasteiger charge is -2.30. The molecular formula is C18H29O8P. The largest absolute Gasteiger partial charge is 0.493 e. The van der Waals surface area contributed by atoms with Crippen molar-refractivity contribution in [1.29, 1.82) is 0 Å². The maximum atomic E-state index is 13.0. The molecule has 154 valence electrons. The third kappa shape index (κ3) is 7.89. The molecule has 9 heteroatoms. The number of ether oxygens (including phenoxy) is 3. The van der Waals surface area contributed by atoms with Crippen LogP contribution < -0.4 is 14.2 Å². The van der Waals surface area contributed by atoms with Crippen LogP contribution in [-0.2, 0) is 18.1 Å². The second kappa shape index (κ2) is 9.06. The van der Waals surface area contributed by atoms with Crippen LogP contribution in [0.2, 0.25) is 0 Å². The molecule has 0 saturated heterocycles. The smallest absolute Gasteiger partial charge is 0.478 e. The Morgan fingerprint density at radius 2 is 1.37 bits per heavy atom. The normalized spacial score (nSPS) is 12.6. The van der Waals surface area contributed by atoms with Gasteiger partial charge in [0.15, 0.2) is 11.5 Å². The number of methoxy groups -OCH3 is 2. The van der Waals surface area contributed by atoms with Crippen LogP contribution in [0.1, 0.15) is 51.9 Å². The van der Waals surface area contributed by atoms with Gasteiger partial charge < -0.3 is 14.2 Å². The number of phosphoric acid groups is 1. The molecule has 1 aromatic rings. The fourth-order valence-electron chi connectivity index (χ4n) is 2.00. The summed E-state index contributed by atoms with van der Waals surface area (Å²) in [5, 5.41) is 0. The van der Waals surface area contributed by atoms with Gasteiger partial charge >= 0.3 is 7.82 Å². The van der Waals surface area contributed by atoms with Crippen molar-refractivity contribution in [2.24, 2.45) is 0 Å². The lowest BCUT2D eigenvalue weighted by molar-refractivity contribution is -0.0197. The lowest BCUT2D eigenvalue weighted by Crippen LogP contribution is -2.25. The Morgan fingerprint density at radius 3 is 1.70 bits per heavy atom. The zero-order chi connectivity index (χ0) is 20.9. The second-order valence-corrected chi connectivity index (χ2v) is 9.14. The minimum absolute atomic E-state index is 0.198. The monoisotopic (exact) mass is 404 g/mol. The molecule has 0 spiro atoms. The van der Waals surface area contributed by atoms with E-state index in [1.165, 1.54) is 26.4 Å². The van der Waals surface area contributed by atoms with E-state index in [0.717, 1.165) is 0 Å². The SMILES string of the molecule is COc1cc(C=O)cc(OC)c1OCOP(=O)(OC(C)(C)C)OC(C)(C)C. The van der Waals surface area contributed by atoms with Crippen molar-refractivity contribution in [3.05, 3.63) is 17.7 Å². The summed E-state index contributed by atoms with van der Waals surface area (Å²) in [5.41, 5.74) is -1.17. The average molecular weight is 404 g/mol. The number of carbonyl (C=O) groups is 1.